The van der Waals surface area contributed by atoms with Crippen molar-refractivity contribution in [1.29, 1.82) is 0 Å². The number of anilines is 1. The van der Waals surface area contributed by atoms with Crippen molar-refractivity contribution in [2.24, 2.45) is 0 Å². The molecule has 0 atom stereocenters. The van der Waals surface area contributed by atoms with Crippen LogP contribution in [0.15, 0.2) is 41.3 Å². The Morgan fingerprint density at radius 3 is 2.50 bits per heavy atom. The Balaban J connectivity index is 1.69. The number of aromatic nitrogens is 1. The van der Waals surface area contributed by atoms with Gasteiger partial charge >= 0.3 is 0 Å². The number of thiazole rings is 1. The predicted octanol–water partition coefficient (Wildman–Crippen LogP) is 3.48. The summed E-state index contributed by atoms with van der Waals surface area (Å²) in [5, 5.41) is 0.515. The minimum absolute atomic E-state index is 0.213. The van der Waals surface area contributed by atoms with Gasteiger partial charge in [-0.1, -0.05) is 11.3 Å². The van der Waals surface area contributed by atoms with E-state index < -0.39 is 9.84 Å². The molecule has 1 saturated heterocycles. The molecule has 1 aliphatic rings. The van der Waals surface area contributed by atoms with E-state index in [1.54, 1.807) is 41.3 Å². The zero-order valence-electron chi connectivity index (χ0n) is 20.7. The summed E-state index contributed by atoms with van der Waals surface area (Å²) in [4.78, 5) is 22.6. The predicted molar refractivity (Wildman–Crippen MR) is 140 cm³/mol. The molecule has 36 heavy (non-hydrogen) atoms. The lowest BCUT2D eigenvalue weighted by Crippen LogP contribution is -2.43. The van der Waals surface area contributed by atoms with Crippen LogP contribution in [-0.4, -0.2) is 83.1 Å². The monoisotopic (exact) mass is 533 g/mol. The van der Waals surface area contributed by atoms with E-state index in [1.807, 2.05) is 13.8 Å². The maximum Gasteiger partial charge on any atom is 0.260 e. The van der Waals surface area contributed by atoms with Crippen LogP contribution in [0.2, 0.25) is 0 Å². The third-order valence-electron chi connectivity index (χ3n) is 5.79. The topological polar surface area (TPSA) is 98.3 Å². The van der Waals surface area contributed by atoms with Gasteiger partial charge in [0, 0.05) is 38.0 Å². The molecule has 1 aromatic heterocycles. The SMILES string of the molecule is CCOc1ccc(C(=O)N(CCN2CCOCC2)c2nc3ccc(S(C)(=O)=O)cc3s2)cc1OCC. The number of nitrogens with zero attached hydrogens (tertiary/aromatic N) is 3. The molecule has 11 heteroatoms. The van der Waals surface area contributed by atoms with E-state index in [0.29, 0.717) is 71.9 Å². The van der Waals surface area contributed by atoms with Crippen LogP contribution in [0.5, 0.6) is 11.5 Å². The van der Waals surface area contributed by atoms with E-state index in [2.05, 4.69) is 9.88 Å². The fourth-order valence-electron chi connectivity index (χ4n) is 3.93. The van der Waals surface area contributed by atoms with Crippen LogP contribution in [0.4, 0.5) is 5.13 Å². The first-order chi connectivity index (χ1) is 17.3. The van der Waals surface area contributed by atoms with Gasteiger partial charge < -0.3 is 14.2 Å². The first kappa shape index (κ1) is 26.3. The van der Waals surface area contributed by atoms with Gasteiger partial charge in [-0.05, 0) is 50.2 Å². The highest BCUT2D eigenvalue weighted by molar-refractivity contribution is 7.90. The quantitative estimate of drug-likeness (QED) is 0.391. The van der Waals surface area contributed by atoms with Crippen molar-refractivity contribution >= 4 is 42.4 Å². The second kappa shape index (κ2) is 11.5. The Labute approximate surface area is 215 Å². The number of morpholine rings is 1. The van der Waals surface area contributed by atoms with Gasteiger partial charge in [-0.15, -0.1) is 0 Å². The summed E-state index contributed by atoms with van der Waals surface area (Å²) in [7, 11) is -3.35. The molecule has 2 aromatic carbocycles. The zero-order chi connectivity index (χ0) is 25.7. The standard InChI is InChI=1S/C25H31N3O6S2/c1-4-33-21-9-6-18(16-22(21)34-5-2)24(29)28(11-10-27-12-14-32-15-13-27)25-26-20-8-7-19(36(3,30)31)17-23(20)35-25/h6-9,16-17H,4-5,10-15H2,1-3H3. The summed E-state index contributed by atoms with van der Waals surface area (Å²) in [5.74, 6) is 0.888. The first-order valence-electron chi connectivity index (χ1n) is 11.9. The highest BCUT2D eigenvalue weighted by Crippen LogP contribution is 2.33. The van der Waals surface area contributed by atoms with Crippen LogP contribution in [-0.2, 0) is 14.6 Å². The molecule has 0 saturated carbocycles. The number of amides is 1. The molecule has 194 valence electrons. The summed E-state index contributed by atoms with van der Waals surface area (Å²) in [6.45, 7) is 8.73. The smallest absolute Gasteiger partial charge is 0.260 e. The van der Waals surface area contributed by atoms with E-state index in [-0.39, 0.29) is 10.8 Å². The van der Waals surface area contributed by atoms with Crippen LogP contribution in [0.25, 0.3) is 10.2 Å². The highest BCUT2D eigenvalue weighted by atomic mass is 32.2. The van der Waals surface area contributed by atoms with E-state index >= 15 is 0 Å². The van der Waals surface area contributed by atoms with Gasteiger partial charge in [0.2, 0.25) is 0 Å². The van der Waals surface area contributed by atoms with E-state index in [0.717, 1.165) is 13.1 Å². The third-order valence-corrected chi connectivity index (χ3v) is 7.94. The van der Waals surface area contributed by atoms with Gasteiger partial charge in [0.15, 0.2) is 26.5 Å². The third kappa shape index (κ3) is 6.15. The molecule has 1 aliphatic heterocycles. The molecule has 4 rings (SSSR count). The molecule has 1 amide bonds. The lowest BCUT2D eigenvalue weighted by atomic mass is 10.1. The molecular formula is C25H31N3O6S2. The average Bonchev–Trinajstić information content (AvgIpc) is 3.28. The highest BCUT2D eigenvalue weighted by Gasteiger charge is 2.24. The van der Waals surface area contributed by atoms with Crippen molar-refractivity contribution in [2.75, 3.05) is 63.8 Å². The van der Waals surface area contributed by atoms with Crippen LogP contribution >= 0.6 is 11.3 Å². The second-order valence-corrected chi connectivity index (χ2v) is 11.4. The lowest BCUT2D eigenvalue weighted by Gasteiger charge is -2.29. The van der Waals surface area contributed by atoms with Gasteiger partial charge in [-0.2, -0.15) is 0 Å². The molecule has 1 fully saturated rings. The van der Waals surface area contributed by atoms with E-state index in [4.69, 9.17) is 14.2 Å². The molecule has 0 N–H and O–H groups in total. The average molecular weight is 534 g/mol. The zero-order valence-corrected chi connectivity index (χ0v) is 22.4. The number of hydrogen-bond donors (Lipinski definition) is 0. The van der Waals surface area contributed by atoms with Crippen molar-refractivity contribution in [2.45, 2.75) is 18.7 Å². The minimum Gasteiger partial charge on any atom is -0.490 e. The largest absolute Gasteiger partial charge is 0.490 e. The Morgan fingerprint density at radius 1 is 1.08 bits per heavy atom. The number of carbonyl (C=O) groups excluding carboxylic acids is 1. The fourth-order valence-corrected chi connectivity index (χ4v) is 5.68. The normalized spacial score (nSPS) is 14.6. The van der Waals surface area contributed by atoms with Crippen molar-refractivity contribution in [3.63, 3.8) is 0 Å². The van der Waals surface area contributed by atoms with Gasteiger partial charge in [0.25, 0.3) is 5.91 Å². The second-order valence-electron chi connectivity index (χ2n) is 8.34. The Kier molecular flexibility index (Phi) is 8.45. The molecule has 0 spiro atoms. The van der Waals surface area contributed by atoms with E-state index in [9.17, 15) is 13.2 Å². The number of rotatable bonds is 10. The first-order valence-corrected chi connectivity index (χ1v) is 14.6. The fraction of sp³-hybridized carbons (Fsp3) is 0.440. The number of carbonyl (C=O) groups is 1. The van der Waals surface area contributed by atoms with Crippen LogP contribution < -0.4 is 14.4 Å². The van der Waals surface area contributed by atoms with Crippen LogP contribution in [0.3, 0.4) is 0 Å². The number of hydrogen-bond acceptors (Lipinski definition) is 9. The summed E-state index contributed by atoms with van der Waals surface area (Å²) in [5.41, 5.74) is 1.10. The Bertz CT molecular complexity index is 1320. The maximum absolute atomic E-state index is 13.8. The van der Waals surface area contributed by atoms with Gasteiger partial charge in [-0.3, -0.25) is 14.6 Å². The summed E-state index contributed by atoms with van der Waals surface area (Å²) in [6, 6.07) is 10.0. The molecule has 3 aromatic rings. The van der Waals surface area contributed by atoms with Gasteiger partial charge in [0.05, 0.1) is 41.5 Å². The van der Waals surface area contributed by atoms with Crippen molar-refractivity contribution in [3.8, 4) is 11.5 Å². The molecular weight excluding hydrogens is 502 g/mol. The Hall–Kier alpha value is -2.73. The molecule has 0 bridgehead atoms. The maximum atomic E-state index is 13.8. The van der Waals surface area contributed by atoms with Crippen LogP contribution in [0, 0.1) is 0 Å². The molecule has 0 aliphatic carbocycles. The summed E-state index contributed by atoms with van der Waals surface area (Å²) >= 11 is 1.30. The molecule has 9 nitrogen and oxygen atoms in total. The van der Waals surface area contributed by atoms with Crippen molar-refractivity contribution in [1.82, 2.24) is 9.88 Å². The number of sulfone groups is 1. The van der Waals surface area contributed by atoms with Crippen LogP contribution in [0.1, 0.15) is 24.2 Å². The molecule has 2 heterocycles. The number of ether oxygens (including phenoxy) is 3. The Morgan fingerprint density at radius 2 is 1.81 bits per heavy atom. The van der Waals surface area contributed by atoms with E-state index in [1.165, 1.54) is 17.6 Å². The minimum atomic E-state index is -3.35. The lowest BCUT2D eigenvalue weighted by molar-refractivity contribution is 0.0391. The molecule has 0 unspecified atom stereocenters. The number of fused-ring (bicyclic) bond motifs is 1. The van der Waals surface area contributed by atoms with Crippen molar-refractivity contribution in [3.05, 3.63) is 42.0 Å². The number of benzene rings is 2. The van der Waals surface area contributed by atoms with Gasteiger partial charge in [-0.25, -0.2) is 13.4 Å². The summed E-state index contributed by atoms with van der Waals surface area (Å²) < 4.78 is 41.6. The summed E-state index contributed by atoms with van der Waals surface area (Å²) in [6.07, 6.45) is 1.18. The molecule has 0 radical (unpaired) electrons. The van der Waals surface area contributed by atoms with Gasteiger partial charge in [0.1, 0.15) is 0 Å². The van der Waals surface area contributed by atoms with Crippen molar-refractivity contribution < 1.29 is 27.4 Å².